The van der Waals surface area contributed by atoms with Crippen molar-refractivity contribution in [2.45, 2.75) is 12.6 Å². The lowest BCUT2D eigenvalue weighted by Gasteiger charge is -2.39. The van der Waals surface area contributed by atoms with Crippen molar-refractivity contribution in [1.29, 1.82) is 0 Å². The van der Waals surface area contributed by atoms with Crippen LogP contribution >= 0.6 is 0 Å². The molecule has 24 heavy (non-hydrogen) atoms. The molecule has 2 heterocycles. The van der Waals surface area contributed by atoms with Gasteiger partial charge in [0.15, 0.2) is 0 Å². The average Bonchev–Trinajstić information content (AvgIpc) is 2.63. The maximum Gasteiger partial charge on any atom is 0.251 e. The van der Waals surface area contributed by atoms with Gasteiger partial charge in [-0.15, -0.1) is 0 Å². The zero-order valence-corrected chi connectivity index (χ0v) is 14.1. The van der Waals surface area contributed by atoms with Crippen molar-refractivity contribution < 1.29 is 4.79 Å². The first-order valence-electron chi connectivity index (χ1n) is 8.17. The van der Waals surface area contributed by atoms with E-state index in [4.69, 9.17) is 0 Å². The Kier molecular flexibility index (Phi) is 5.17. The molecule has 1 aliphatic heterocycles. The van der Waals surface area contributed by atoms with Crippen LogP contribution in [0.3, 0.4) is 0 Å². The summed E-state index contributed by atoms with van der Waals surface area (Å²) < 4.78 is 0. The average molecular weight is 325 g/mol. The highest BCUT2D eigenvalue weighted by Crippen LogP contribution is 2.25. The van der Waals surface area contributed by atoms with Crippen molar-refractivity contribution in [3.63, 3.8) is 0 Å². The summed E-state index contributed by atoms with van der Waals surface area (Å²) in [5.41, 5.74) is 2.86. The summed E-state index contributed by atoms with van der Waals surface area (Å²) in [6.45, 7) is 3.69. The number of likely N-dealkylation sites (N-methyl/N-ethyl adjacent to an activating group) is 1. The van der Waals surface area contributed by atoms with Crippen LogP contribution in [0, 0.1) is 0 Å². The third-order valence-electron chi connectivity index (χ3n) is 4.50. The lowest BCUT2D eigenvalue weighted by Crippen LogP contribution is -2.46. The van der Waals surface area contributed by atoms with Crippen molar-refractivity contribution >= 4 is 5.91 Å². The standard InChI is InChI=1S/C18H23N5O/c1-19-18(24)15-5-3-4-14(10-15)17-13-23(9-8-22(17)2)12-16-11-20-6-7-21-16/h3-7,10-11,17H,8-9,12-13H2,1-2H3,(H,19,24). The maximum atomic E-state index is 11.9. The SMILES string of the molecule is CNC(=O)c1cccc(C2CN(Cc3cnccn3)CCN2C)c1. The molecule has 0 aliphatic carbocycles. The molecule has 126 valence electrons. The number of carbonyl (C=O) groups excluding carboxylic acids is 1. The number of nitrogens with zero attached hydrogens (tertiary/aromatic N) is 4. The van der Waals surface area contributed by atoms with Crippen LogP contribution in [-0.2, 0) is 6.54 Å². The smallest absolute Gasteiger partial charge is 0.251 e. The Morgan fingerprint density at radius 2 is 2.21 bits per heavy atom. The third kappa shape index (κ3) is 3.77. The Morgan fingerprint density at radius 3 is 2.96 bits per heavy atom. The fraction of sp³-hybridized carbons (Fsp3) is 0.389. The molecule has 2 aromatic rings. The topological polar surface area (TPSA) is 61.4 Å². The summed E-state index contributed by atoms with van der Waals surface area (Å²) in [5, 5.41) is 2.69. The molecule has 0 spiro atoms. The molecular weight excluding hydrogens is 302 g/mol. The Balaban J connectivity index is 1.75. The quantitative estimate of drug-likeness (QED) is 0.919. The molecule has 0 radical (unpaired) electrons. The molecule has 1 atom stereocenters. The van der Waals surface area contributed by atoms with E-state index in [-0.39, 0.29) is 11.9 Å². The molecule has 1 saturated heterocycles. The number of piperazine rings is 1. The molecule has 6 heteroatoms. The van der Waals surface area contributed by atoms with Gasteiger partial charge in [-0.05, 0) is 24.7 Å². The van der Waals surface area contributed by atoms with E-state index in [9.17, 15) is 4.79 Å². The van der Waals surface area contributed by atoms with Gasteiger partial charge < -0.3 is 5.32 Å². The number of nitrogens with one attached hydrogen (secondary N) is 1. The van der Waals surface area contributed by atoms with Crippen molar-refractivity contribution in [3.8, 4) is 0 Å². The Bertz CT molecular complexity index is 691. The number of amides is 1. The van der Waals surface area contributed by atoms with Crippen LogP contribution in [0.5, 0.6) is 0 Å². The highest BCUT2D eigenvalue weighted by molar-refractivity contribution is 5.94. The summed E-state index contributed by atoms with van der Waals surface area (Å²) in [4.78, 5) is 25.1. The van der Waals surface area contributed by atoms with E-state index in [1.165, 1.54) is 5.56 Å². The van der Waals surface area contributed by atoms with Gasteiger partial charge in [-0.3, -0.25) is 24.6 Å². The van der Waals surface area contributed by atoms with Gasteiger partial charge in [0, 0.05) is 63.4 Å². The van der Waals surface area contributed by atoms with Crippen molar-refractivity contribution in [2.24, 2.45) is 0 Å². The molecule has 1 fully saturated rings. The van der Waals surface area contributed by atoms with Crippen LogP contribution < -0.4 is 5.32 Å². The number of carbonyl (C=O) groups is 1. The first-order valence-corrected chi connectivity index (χ1v) is 8.17. The number of hydrogen-bond donors (Lipinski definition) is 1. The zero-order valence-electron chi connectivity index (χ0n) is 14.1. The second kappa shape index (κ2) is 7.51. The highest BCUT2D eigenvalue weighted by Gasteiger charge is 2.26. The van der Waals surface area contributed by atoms with Gasteiger partial charge in [0.2, 0.25) is 0 Å². The molecule has 1 unspecified atom stereocenters. The number of hydrogen-bond acceptors (Lipinski definition) is 5. The van der Waals surface area contributed by atoms with Gasteiger partial charge in [-0.1, -0.05) is 12.1 Å². The zero-order chi connectivity index (χ0) is 16.9. The van der Waals surface area contributed by atoms with Crippen LogP contribution in [0.15, 0.2) is 42.9 Å². The third-order valence-corrected chi connectivity index (χ3v) is 4.50. The van der Waals surface area contributed by atoms with Gasteiger partial charge in [0.05, 0.1) is 5.69 Å². The van der Waals surface area contributed by atoms with Crippen molar-refractivity contribution in [2.75, 3.05) is 33.7 Å². The van der Waals surface area contributed by atoms with E-state index in [1.807, 2.05) is 24.4 Å². The molecule has 1 aliphatic rings. The maximum absolute atomic E-state index is 11.9. The highest BCUT2D eigenvalue weighted by atomic mass is 16.1. The van der Waals surface area contributed by atoms with Gasteiger partial charge >= 0.3 is 0 Å². The lowest BCUT2D eigenvalue weighted by atomic mass is 10.00. The fourth-order valence-electron chi connectivity index (χ4n) is 3.11. The normalized spacial score (nSPS) is 19.2. The van der Waals surface area contributed by atoms with Gasteiger partial charge in [-0.25, -0.2) is 0 Å². The van der Waals surface area contributed by atoms with E-state index in [1.54, 1.807) is 19.4 Å². The predicted molar refractivity (Wildman–Crippen MR) is 92.5 cm³/mol. The van der Waals surface area contributed by atoms with Crippen LogP contribution in [-0.4, -0.2) is 59.4 Å². The van der Waals surface area contributed by atoms with Crippen LogP contribution in [0.25, 0.3) is 0 Å². The fourth-order valence-corrected chi connectivity index (χ4v) is 3.11. The van der Waals surface area contributed by atoms with E-state index in [2.05, 4.69) is 38.2 Å². The Morgan fingerprint density at radius 1 is 1.33 bits per heavy atom. The molecule has 1 N–H and O–H groups in total. The van der Waals surface area contributed by atoms with E-state index in [0.29, 0.717) is 5.56 Å². The first-order chi connectivity index (χ1) is 11.7. The van der Waals surface area contributed by atoms with E-state index in [0.717, 1.165) is 31.9 Å². The van der Waals surface area contributed by atoms with E-state index < -0.39 is 0 Å². The number of rotatable bonds is 4. The molecular formula is C18H23N5O. The molecule has 0 saturated carbocycles. The van der Waals surface area contributed by atoms with Gasteiger partial charge in [0.25, 0.3) is 5.91 Å². The summed E-state index contributed by atoms with van der Waals surface area (Å²) in [5.74, 6) is -0.0493. The van der Waals surface area contributed by atoms with Gasteiger partial charge in [0.1, 0.15) is 0 Å². The van der Waals surface area contributed by atoms with Gasteiger partial charge in [-0.2, -0.15) is 0 Å². The molecule has 1 amide bonds. The molecule has 6 nitrogen and oxygen atoms in total. The Hall–Kier alpha value is -2.31. The summed E-state index contributed by atoms with van der Waals surface area (Å²) >= 11 is 0. The summed E-state index contributed by atoms with van der Waals surface area (Å²) in [6, 6.07) is 8.16. The lowest BCUT2D eigenvalue weighted by molar-refractivity contribution is 0.0892. The first kappa shape index (κ1) is 16.5. The number of benzene rings is 1. The number of aromatic nitrogens is 2. The second-order valence-electron chi connectivity index (χ2n) is 6.13. The van der Waals surface area contributed by atoms with Crippen LogP contribution in [0.4, 0.5) is 0 Å². The second-order valence-corrected chi connectivity index (χ2v) is 6.13. The van der Waals surface area contributed by atoms with Crippen LogP contribution in [0.2, 0.25) is 0 Å². The minimum atomic E-state index is -0.0493. The largest absolute Gasteiger partial charge is 0.355 e. The van der Waals surface area contributed by atoms with E-state index >= 15 is 0 Å². The predicted octanol–water partition coefficient (Wildman–Crippen LogP) is 1.32. The minimum absolute atomic E-state index is 0.0493. The molecule has 0 bridgehead atoms. The van der Waals surface area contributed by atoms with Crippen molar-refractivity contribution in [1.82, 2.24) is 25.1 Å². The molecule has 3 rings (SSSR count). The minimum Gasteiger partial charge on any atom is -0.355 e. The van der Waals surface area contributed by atoms with Crippen molar-refractivity contribution in [3.05, 3.63) is 59.7 Å². The summed E-state index contributed by atoms with van der Waals surface area (Å²) in [6.07, 6.45) is 5.25. The monoisotopic (exact) mass is 325 g/mol. The Labute approximate surface area is 142 Å². The summed E-state index contributed by atoms with van der Waals surface area (Å²) in [7, 11) is 3.79. The van der Waals surface area contributed by atoms with Crippen LogP contribution in [0.1, 0.15) is 27.7 Å². The molecule has 1 aromatic carbocycles. The molecule has 1 aromatic heterocycles.